The number of amides is 2. The van der Waals surface area contributed by atoms with Gasteiger partial charge in [-0.05, 0) is 54.7 Å². The molecule has 1 aliphatic carbocycles. The van der Waals surface area contributed by atoms with Crippen LogP contribution in [0.5, 0.6) is 0 Å². The molecule has 2 amide bonds. The van der Waals surface area contributed by atoms with Gasteiger partial charge in [-0.1, -0.05) is 29.8 Å². The van der Waals surface area contributed by atoms with E-state index in [0.29, 0.717) is 29.2 Å². The Bertz CT molecular complexity index is 1510. The van der Waals surface area contributed by atoms with Crippen LogP contribution in [0.15, 0.2) is 55.0 Å². The predicted molar refractivity (Wildman–Crippen MR) is 129 cm³/mol. The standard InChI is InChI=1S/C25H20ClN5O4/c1-13-15-8-9-20(17(15)7-6-16(13)25(34)35)29-23(32)14-10-27-22-18(11-28-31(22)12-14)24(33)30-21-5-3-2-4-19(21)26/h2-7,10-12,20H,8-9H2,1H3,(H,29,32)(H,30,33)(H,34,35)/t20-/m0/s1. The van der Waals surface area contributed by atoms with Crippen molar-refractivity contribution in [2.24, 2.45) is 0 Å². The number of aromatic carboxylic acids is 1. The number of nitrogens with one attached hydrogen (secondary N) is 2. The lowest BCUT2D eigenvalue weighted by Gasteiger charge is -2.15. The van der Waals surface area contributed by atoms with E-state index in [1.54, 1.807) is 43.3 Å². The molecule has 0 saturated heterocycles. The summed E-state index contributed by atoms with van der Waals surface area (Å²) in [6, 6.07) is 9.99. The molecule has 2 aromatic carbocycles. The average Bonchev–Trinajstić information content (AvgIpc) is 3.45. The van der Waals surface area contributed by atoms with E-state index in [2.05, 4.69) is 20.7 Å². The van der Waals surface area contributed by atoms with E-state index in [-0.39, 0.29) is 28.6 Å². The number of carbonyl (C=O) groups is 3. The average molecular weight is 490 g/mol. The molecule has 2 aromatic heterocycles. The Hall–Kier alpha value is -4.24. The molecule has 1 atom stereocenters. The largest absolute Gasteiger partial charge is 0.478 e. The van der Waals surface area contributed by atoms with Crippen molar-refractivity contribution in [3.05, 3.63) is 93.4 Å². The SMILES string of the molecule is Cc1c(C(=O)O)ccc2c1CC[C@@H]2NC(=O)c1cnc2c(C(=O)Nc3ccccc3Cl)cnn2c1. The van der Waals surface area contributed by atoms with Crippen molar-refractivity contribution in [3.8, 4) is 0 Å². The molecule has 3 N–H and O–H groups in total. The summed E-state index contributed by atoms with van der Waals surface area (Å²) in [5.41, 5.74) is 4.19. The van der Waals surface area contributed by atoms with E-state index in [4.69, 9.17) is 11.6 Å². The second-order valence-corrected chi connectivity index (χ2v) is 8.69. The van der Waals surface area contributed by atoms with Gasteiger partial charge in [-0.3, -0.25) is 9.59 Å². The lowest BCUT2D eigenvalue weighted by atomic mass is 9.98. The first-order valence-electron chi connectivity index (χ1n) is 10.9. The van der Waals surface area contributed by atoms with Crippen molar-refractivity contribution in [2.75, 3.05) is 5.32 Å². The molecule has 2 heterocycles. The molecule has 1 aliphatic rings. The molecule has 0 bridgehead atoms. The zero-order valence-corrected chi connectivity index (χ0v) is 19.3. The third-order valence-corrected chi connectivity index (χ3v) is 6.54. The van der Waals surface area contributed by atoms with Crippen LogP contribution in [-0.4, -0.2) is 37.5 Å². The Morgan fingerprint density at radius 1 is 1.09 bits per heavy atom. The number of carbonyl (C=O) groups excluding carboxylic acids is 2. The van der Waals surface area contributed by atoms with Gasteiger partial charge in [0.25, 0.3) is 11.8 Å². The second-order valence-electron chi connectivity index (χ2n) is 8.28. The maximum absolute atomic E-state index is 13.0. The van der Waals surface area contributed by atoms with Crippen LogP contribution < -0.4 is 10.6 Å². The van der Waals surface area contributed by atoms with Gasteiger partial charge in [0.15, 0.2) is 5.65 Å². The van der Waals surface area contributed by atoms with E-state index in [9.17, 15) is 19.5 Å². The maximum Gasteiger partial charge on any atom is 0.335 e. The molecular formula is C25H20ClN5O4. The first-order valence-corrected chi connectivity index (χ1v) is 11.3. The Morgan fingerprint density at radius 3 is 2.66 bits per heavy atom. The fourth-order valence-corrected chi connectivity index (χ4v) is 4.59. The van der Waals surface area contributed by atoms with Crippen LogP contribution in [0.3, 0.4) is 0 Å². The first-order chi connectivity index (χ1) is 16.8. The lowest BCUT2D eigenvalue weighted by molar-refractivity contribution is 0.0695. The van der Waals surface area contributed by atoms with Crippen LogP contribution in [0.2, 0.25) is 5.02 Å². The Labute approximate surface area is 204 Å². The summed E-state index contributed by atoms with van der Waals surface area (Å²) >= 11 is 6.11. The zero-order valence-electron chi connectivity index (χ0n) is 18.6. The minimum absolute atomic E-state index is 0.232. The second kappa shape index (κ2) is 8.84. The maximum atomic E-state index is 13.0. The number of hydrogen-bond acceptors (Lipinski definition) is 5. The molecule has 0 fully saturated rings. The number of fused-ring (bicyclic) bond motifs is 2. The third-order valence-electron chi connectivity index (χ3n) is 6.21. The number of rotatable bonds is 5. The number of para-hydroxylation sites is 1. The number of nitrogens with zero attached hydrogens (tertiary/aromatic N) is 3. The van der Waals surface area contributed by atoms with Crippen molar-refractivity contribution >= 4 is 40.7 Å². The number of aromatic nitrogens is 3. The highest BCUT2D eigenvalue weighted by Gasteiger charge is 2.28. The van der Waals surface area contributed by atoms with Gasteiger partial charge >= 0.3 is 5.97 Å². The van der Waals surface area contributed by atoms with Crippen molar-refractivity contribution in [1.29, 1.82) is 0 Å². The van der Waals surface area contributed by atoms with Gasteiger partial charge in [-0.2, -0.15) is 5.10 Å². The molecule has 0 saturated carbocycles. The van der Waals surface area contributed by atoms with Gasteiger partial charge in [-0.25, -0.2) is 14.3 Å². The van der Waals surface area contributed by atoms with Gasteiger partial charge < -0.3 is 15.7 Å². The number of carboxylic acids is 1. The molecule has 176 valence electrons. The number of benzene rings is 2. The summed E-state index contributed by atoms with van der Waals surface area (Å²) in [7, 11) is 0. The summed E-state index contributed by atoms with van der Waals surface area (Å²) < 4.78 is 1.38. The molecule has 0 radical (unpaired) electrons. The van der Waals surface area contributed by atoms with Gasteiger partial charge in [0.1, 0.15) is 5.56 Å². The lowest BCUT2D eigenvalue weighted by Crippen LogP contribution is -2.27. The van der Waals surface area contributed by atoms with Crippen LogP contribution in [0, 0.1) is 6.92 Å². The number of carboxylic acid groups (broad SMARTS) is 1. The highest BCUT2D eigenvalue weighted by atomic mass is 35.5. The number of hydrogen-bond donors (Lipinski definition) is 3. The fourth-order valence-electron chi connectivity index (χ4n) is 4.41. The smallest absolute Gasteiger partial charge is 0.335 e. The Balaban J connectivity index is 1.34. The normalized spacial score (nSPS) is 14.5. The molecule has 10 heteroatoms. The monoisotopic (exact) mass is 489 g/mol. The highest BCUT2D eigenvalue weighted by molar-refractivity contribution is 6.34. The third kappa shape index (κ3) is 4.10. The summed E-state index contributed by atoms with van der Waals surface area (Å²) in [6.45, 7) is 1.79. The molecule has 35 heavy (non-hydrogen) atoms. The van der Waals surface area contributed by atoms with Gasteiger partial charge in [0, 0.05) is 12.4 Å². The van der Waals surface area contributed by atoms with Crippen LogP contribution >= 0.6 is 11.6 Å². The first kappa shape index (κ1) is 22.5. The minimum atomic E-state index is -0.962. The predicted octanol–water partition coefficient (Wildman–Crippen LogP) is 4.06. The minimum Gasteiger partial charge on any atom is -0.478 e. The van der Waals surface area contributed by atoms with Crippen LogP contribution in [0.4, 0.5) is 5.69 Å². The fraction of sp³-hybridized carbons (Fsp3) is 0.160. The van der Waals surface area contributed by atoms with E-state index >= 15 is 0 Å². The molecular weight excluding hydrogens is 470 g/mol. The molecule has 5 rings (SSSR count). The molecule has 4 aromatic rings. The molecule has 0 spiro atoms. The van der Waals surface area contributed by atoms with Crippen LogP contribution in [-0.2, 0) is 6.42 Å². The van der Waals surface area contributed by atoms with Gasteiger partial charge in [-0.15, -0.1) is 0 Å². The van der Waals surface area contributed by atoms with E-state index in [1.165, 1.54) is 23.1 Å². The molecule has 0 unspecified atom stereocenters. The van der Waals surface area contributed by atoms with Crippen molar-refractivity contribution in [3.63, 3.8) is 0 Å². The van der Waals surface area contributed by atoms with Crippen LogP contribution in [0.25, 0.3) is 5.65 Å². The van der Waals surface area contributed by atoms with Crippen molar-refractivity contribution in [2.45, 2.75) is 25.8 Å². The summed E-state index contributed by atoms with van der Waals surface area (Å²) in [5.74, 6) is -1.72. The van der Waals surface area contributed by atoms with Gasteiger partial charge in [0.05, 0.1) is 34.1 Å². The Morgan fingerprint density at radius 2 is 1.89 bits per heavy atom. The van der Waals surface area contributed by atoms with E-state index in [0.717, 1.165) is 16.7 Å². The van der Waals surface area contributed by atoms with E-state index < -0.39 is 11.9 Å². The van der Waals surface area contributed by atoms with Crippen LogP contribution in [0.1, 0.15) is 60.2 Å². The van der Waals surface area contributed by atoms with Crippen molar-refractivity contribution < 1.29 is 19.5 Å². The zero-order chi connectivity index (χ0) is 24.7. The molecule has 9 nitrogen and oxygen atoms in total. The van der Waals surface area contributed by atoms with Crippen molar-refractivity contribution in [1.82, 2.24) is 19.9 Å². The Kier molecular flexibility index (Phi) is 5.70. The summed E-state index contributed by atoms with van der Waals surface area (Å²) in [4.78, 5) is 41.4. The quantitative estimate of drug-likeness (QED) is 0.388. The van der Waals surface area contributed by atoms with E-state index in [1.807, 2.05) is 0 Å². The highest BCUT2D eigenvalue weighted by Crippen LogP contribution is 2.35. The topological polar surface area (TPSA) is 126 Å². The number of halogens is 1. The summed E-state index contributed by atoms with van der Waals surface area (Å²) in [5, 5.41) is 19.7. The number of anilines is 1. The van der Waals surface area contributed by atoms with Gasteiger partial charge in [0.2, 0.25) is 0 Å². The molecule has 0 aliphatic heterocycles. The summed E-state index contributed by atoms with van der Waals surface area (Å²) in [6.07, 6.45) is 5.65.